The predicted octanol–water partition coefficient (Wildman–Crippen LogP) is 1.58. The first-order chi connectivity index (χ1) is 12.1. The number of ether oxygens (including phenoxy) is 4. The molecule has 148 valence electrons. The molecule has 0 saturated carbocycles. The van der Waals surface area contributed by atoms with Gasteiger partial charge in [0, 0.05) is 19.4 Å². The van der Waals surface area contributed by atoms with Crippen LogP contribution in [0.1, 0.15) is 40.0 Å². The fraction of sp³-hybridized carbons (Fsp3) is 0.889. The van der Waals surface area contributed by atoms with E-state index in [0.717, 1.165) is 6.42 Å². The van der Waals surface area contributed by atoms with Gasteiger partial charge in [-0.1, -0.05) is 20.8 Å². The number of amides is 1. The second kappa shape index (κ2) is 17.8. The van der Waals surface area contributed by atoms with Gasteiger partial charge in [-0.15, -0.1) is 0 Å². The SMILES string of the molecule is CCCC(=O)COCCOCCOCCOCCNC(=O)CC(C)C. The summed E-state index contributed by atoms with van der Waals surface area (Å²) in [6.07, 6.45) is 1.97. The van der Waals surface area contributed by atoms with E-state index in [1.54, 1.807) is 0 Å². The zero-order valence-electron chi connectivity index (χ0n) is 16.0. The topological polar surface area (TPSA) is 83.1 Å². The molecule has 1 amide bonds. The van der Waals surface area contributed by atoms with Crippen LogP contribution in [0, 0.1) is 5.92 Å². The minimum atomic E-state index is 0.0608. The van der Waals surface area contributed by atoms with Gasteiger partial charge in [-0.3, -0.25) is 9.59 Å². The van der Waals surface area contributed by atoms with Gasteiger partial charge in [-0.25, -0.2) is 0 Å². The van der Waals surface area contributed by atoms with Crippen LogP contribution in [0.25, 0.3) is 0 Å². The Hall–Kier alpha value is -1.02. The molecule has 0 fully saturated rings. The first kappa shape index (κ1) is 24.0. The maximum Gasteiger partial charge on any atom is 0.220 e. The van der Waals surface area contributed by atoms with Crippen LogP contribution in [0.2, 0.25) is 0 Å². The maximum absolute atomic E-state index is 11.4. The highest BCUT2D eigenvalue weighted by atomic mass is 16.6. The molecule has 0 heterocycles. The molecule has 1 N–H and O–H groups in total. The number of hydrogen-bond acceptors (Lipinski definition) is 6. The van der Waals surface area contributed by atoms with E-state index in [9.17, 15) is 9.59 Å². The summed E-state index contributed by atoms with van der Waals surface area (Å²) in [5, 5.41) is 2.81. The van der Waals surface area contributed by atoms with E-state index in [2.05, 4.69) is 5.32 Å². The average molecular weight is 361 g/mol. The number of Topliss-reactive ketones (excluding diaryl/α,β-unsaturated/α-hetero) is 1. The molecule has 0 aliphatic carbocycles. The van der Waals surface area contributed by atoms with Crippen LogP contribution in [-0.2, 0) is 28.5 Å². The van der Waals surface area contributed by atoms with Crippen molar-refractivity contribution in [3.8, 4) is 0 Å². The summed E-state index contributed by atoms with van der Waals surface area (Å²) in [6.45, 7) is 10.00. The molecule has 0 aromatic heterocycles. The third kappa shape index (κ3) is 19.2. The molecule has 0 rings (SSSR count). The molecular weight excluding hydrogens is 326 g/mol. The van der Waals surface area contributed by atoms with Crippen LogP contribution < -0.4 is 5.32 Å². The van der Waals surface area contributed by atoms with Crippen molar-refractivity contribution in [3.05, 3.63) is 0 Å². The van der Waals surface area contributed by atoms with E-state index >= 15 is 0 Å². The van der Waals surface area contributed by atoms with Crippen molar-refractivity contribution in [2.75, 3.05) is 59.4 Å². The molecule has 0 saturated heterocycles. The van der Waals surface area contributed by atoms with Gasteiger partial charge >= 0.3 is 0 Å². The van der Waals surface area contributed by atoms with Crippen molar-refractivity contribution in [1.82, 2.24) is 5.32 Å². The molecule has 0 bridgehead atoms. The molecule has 7 nitrogen and oxygen atoms in total. The molecule has 0 spiro atoms. The number of rotatable bonds is 18. The van der Waals surface area contributed by atoms with Gasteiger partial charge in [0.25, 0.3) is 0 Å². The summed E-state index contributed by atoms with van der Waals surface area (Å²) >= 11 is 0. The van der Waals surface area contributed by atoms with Crippen molar-refractivity contribution < 1.29 is 28.5 Å². The minimum absolute atomic E-state index is 0.0608. The lowest BCUT2D eigenvalue weighted by atomic mass is 10.1. The van der Waals surface area contributed by atoms with Crippen molar-refractivity contribution in [2.45, 2.75) is 40.0 Å². The number of carbonyl (C=O) groups is 2. The lowest BCUT2D eigenvalue weighted by Gasteiger charge is -2.08. The Kier molecular flexibility index (Phi) is 17.1. The minimum Gasteiger partial charge on any atom is -0.377 e. The van der Waals surface area contributed by atoms with Crippen LogP contribution in [-0.4, -0.2) is 71.1 Å². The van der Waals surface area contributed by atoms with Gasteiger partial charge in [-0.2, -0.15) is 0 Å². The third-order valence-electron chi connectivity index (χ3n) is 3.07. The predicted molar refractivity (Wildman–Crippen MR) is 95.7 cm³/mol. The van der Waals surface area contributed by atoms with Gasteiger partial charge in [-0.05, 0) is 12.3 Å². The third-order valence-corrected chi connectivity index (χ3v) is 3.07. The van der Waals surface area contributed by atoms with Crippen LogP contribution in [0.5, 0.6) is 0 Å². The summed E-state index contributed by atoms with van der Waals surface area (Å²) < 4.78 is 21.2. The molecule has 0 radical (unpaired) electrons. The van der Waals surface area contributed by atoms with Crippen LogP contribution in [0.3, 0.4) is 0 Å². The van der Waals surface area contributed by atoms with Crippen molar-refractivity contribution in [3.63, 3.8) is 0 Å². The number of carbonyl (C=O) groups excluding carboxylic acids is 2. The molecule has 0 aliphatic rings. The summed E-state index contributed by atoms with van der Waals surface area (Å²) in [5.74, 6) is 0.558. The van der Waals surface area contributed by atoms with E-state index in [0.29, 0.717) is 71.6 Å². The molecule has 0 aromatic carbocycles. The molecule has 0 aliphatic heterocycles. The Morgan fingerprint density at radius 1 is 0.840 bits per heavy atom. The molecule has 25 heavy (non-hydrogen) atoms. The van der Waals surface area contributed by atoms with Gasteiger partial charge in [0.2, 0.25) is 5.91 Å². The van der Waals surface area contributed by atoms with E-state index in [1.807, 2.05) is 20.8 Å². The van der Waals surface area contributed by atoms with Gasteiger partial charge in [0.05, 0.1) is 46.2 Å². The summed E-state index contributed by atoms with van der Waals surface area (Å²) in [7, 11) is 0. The summed E-state index contributed by atoms with van der Waals surface area (Å²) in [4.78, 5) is 22.6. The second-order valence-electron chi connectivity index (χ2n) is 6.13. The fourth-order valence-electron chi connectivity index (χ4n) is 1.90. The van der Waals surface area contributed by atoms with Gasteiger partial charge in [0.1, 0.15) is 6.61 Å². The summed E-state index contributed by atoms with van der Waals surface area (Å²) in [6, 6.07) is 0. The number of nitrogens with one attached hydrogen (secondary N) is 1. The monoisotopic (exact) mass is 361 g/mol. The first-order valence-corrected chi connectivity index (χ1v) is 9.15. The van der Waals surface area contributed by atoms with E-state index < -0.39 is 0 Å². The van der Waals surface area contributed by atoms with Crippen LogP contribution in [0.4, 0.5) is 0 Å². The molecule has 0 atom stereocenters. The highest BCUT2D eigenvalue weighted by Gasteiger charge is 2.03. The average Bonchev–Trinajstić information content (AvgIpc) is 2.54. The Morgan fingerprint density at radius 2 is 1.36 bits per heavy atom. The van der Waals surface area contributed by atoms with Gasteiger partial charge < -0.3 is 24.3 Å². The van der Waals surface area contributed by atoms with Crippen LogP contribution >= 0.6 is 0 Å². The zero-order valence-corrected chi connectivity index (χ0v) is 16.0. The lowest BCUT2D eigenvalue weighted by Crippen LogP contribution is -2.28. The quantitative estimate of drug-likeness (QED) is 0.373. The largest absolute Gasteiger partial charge is 0.377 e. The van der Waals surface area contributed by atoms with Crippen LogP contribution in [0.15, 0.2) is 0 Å². The highest BCUT2D eigenvalue weighted by molar-refractivity contribution is 5.79. The Labute approximate surface area is 151 Å². The fourth-order valence-corrected chi connectivity index (χ4v) is 1.90. The molecule has 7 heteroatoms. The maximum atomic E-state index is 11.4. The van der Waals surface area contributed by atoms with Crippen molar-refractivity contribution >= 4 is 11.7 Å². The van der Waals surface area contributed by atoms with E-state index in [4.69, 9.17) is 18.9 Å². The number of ketones is 1. The van der Waals surface area contributed by atoms with Gasteiger partial charge in [0.15, 0.2) is 5.78 Å². The van der Waals surface area contributed by atoms with Crippen molar-refractivity contribution in [1.29, 1.82) is 0 Å². The zero-order chi connectivity index (χ0) is 18.8. The Morgan fingerprint density at radius 3 is 1.88 bits per heavy atom. The van der Waals surface area contributed by atoms with Crippen molar-refractivity contribution in [2.24, 2.45) is 5.92 Å². The summed E-state index contributed by atoms with van der Waals surface area (Å²) in [5.41, 5.74) is 0. The van der Waals surface area contributed by atoms with E-state index in [1.165, 1.54) is 0 Å². The number of hydrogen-bond donors (Lipinski definition) is 1. The lowest BCUT2D eigenvalue weighted by molar-refractivity contribution is -0.124. The Balaban J connectivity index is 3.14. The standard InChI is InChI=1S/C18H35NO6/c1-4-5-17(20)15-25-13-12-24-11-10-23-9-8-22-7-6-19-18(21)14-16(2)3/h16H,4-15H2,1-3H3,(H,19,21). The van der Waals surface area contributed by atoms with E-state index in [-0.39, 0.29) is 18.3 Å². The smallest absolute Gasteiger partial charge is 0.220 e. The Bertz CT molecular complexity index is 336. The molecule has 0 aromatic rings. The normalized spacial score (nSPS) is 11.0. The highest BCUT2D eigenvalue weighted by Crippen LogP contribution is 1.97. The molecule has 0 unspecified atom stereocenters. The molecular formula is C18H35NO6. The second-order valence-corrected chi connectivity index (χ2v) is 6.13. The first-order valence-electron chi connectivity index (χ1n) is 9.15.